The van der Waals surface area contributed by atoms with E-state index in [1.807, 2.05) is 0 Å². The Morgan fingerprint density at radius 2 is 1.85 bits per heavy atom. The zero-order chi connectivity index (χ0) is 23.6. The Bertz CT molecular complexity index is 1150. The van der Waals surface area contributed by atoms with Crippen molar-refractivity contribution in [2.75, 3.05) is 13.1 Å². The van der Waals surface area contributed by atoms with E-state index < -0.39 is 21.7 Å². The molecule has 2 aliphatic rings. The van der Waals surface area contributed by atoms with Gasteiger partial charge in [0.15, 0.2) is 10.7 Å². The number of nitrogens with one attached hydrogen (secondary N) is 1. The van der Waals surface area contributed by atoms with Gasteiger partial charge in [-0.1, -0.05) is 18.0 Å². The highest BCUT2D eigenvalue weighted by Crippen LogP contribution is 2.30. The third-order valence-electron chi connectivity index (χ3n) is 6.33. The summed E-state index contributed by atoms with van der Waals surface area (Å²) in [6.45, 7) is 1.95. The number of benzene rings is 1. The minimum absolute atomic E-state index is 0.00468. The maximum absolute atomic E-state index is 13.9. The third kappa shape index (κ3) is 5.16. The largest absolute Gasteiger partial charge is 0.355 e. The Hall–Kier alpha value is -2.59. The van der Waals surface area contributed by atoms with Crippen LogP contribution in [0.5, 0.6) is 0 Å². The van der Waals surface area contributed by atoms with E-state index in [1.165, 1.54) is 29.4 Å². The molecular formula is C23H27F2N3O4S. The number of aromatic nitrogens is 1. The smallest absolute Gasteiger partial charge is 0.248 e. The van der Waals surface area contributed by atoms with E-state index in [0.717, 1.165) is 37.8 Å². The lowest BCUT2D eigenvalue weighted by atomic mass is 9.97. The van der Waals surface area contributed by atoms with Crippen molar-refractivity contribution in [3.8, 4) is 0 Å². The van der Waals surface area contributed by atoms with Crippen LogP contribution in [0.3, 0.4) is 0 Å². The molecule has 0 bridgehead atoms. The van der Waals surface area contributed by atoms with Crippen LogP contribution >= 0.6 is 0 Å². The van der Waals surface area contributed by atoms with Gasteiger partial charge in [-0.25, -0.2) is 17.2 Å². The number of carbonyl (C=O) groups excluding carboxylic acids is 1. The summed E-state index contributed by atoms with van der Waals surface area (Å²) in [6.07, 6.45) is 7.77. The van der Waals surface area contributed by atoms with Gasteiger partial charge in [-0.15, -0.1) is 0 Å². The number of piperidine rings is 1. The first-order chi connectivity index (χ1) is 15.8. The van der Waals surface area contributed by atoms with E-state index in [1.54, 1.807) is 0 Å². The lowest BCUT2D eigenvalue weighted by Crippen LogP contribution is -2.45. The molecule has 1 N–H and O–H groups in total. The number of hydrogen-bond acceptors (Lipinski definition) is 5. The summed E-state index contributed by atoms with van der Waals surface area (Å²) in [4.78, 5) is 12.5. The molecule has 4 rings (SSSR count). The van der Waals surface area contributed by atoms with Crippen LogP contribution in [0, 0.1) is 24.5 Å². The molecule has 1 aliphatic carbocycles. The van der Waals surface area contributed by atoms with Crippen LogP contribution in [0.15, 0.2) is 27.6 Å². The van der Waals surface area contributed by atoms with Gasteiger partial charge in [0.2, 0.25) is 15.9 Å². The Morgan fingerprint density at radius 1 is 1.15 bits per heavy atom. The normalized spacial score (nSPS) is 18.9. The van der Waals surface area contributed by atoms with E-state index >= 15 is 0 Å². The van der Waals surface area contributed by atoms with Crippen LogP contribution in [0.2, 0.25) is 0 Å². The van der Waals surface area contributed by atoms with Crippen molar-refractivity contribution in [3.05, 3.63) is 46.9 Å². The summed E-state index contributed by atoms with van der Waals surface area (Å²) < 4.78 is 60.2. The molecule has 1 amide bonds. The minimum atomic E-state index is -3.93. The van der Waals surface area contributed by atoms with Gasteiger partial charge >= 0.3 is 0 Å². The molecule has 2 fully saturated rings. The summed E-state index contributed by atoms with van der Waals surface area (Å²) in [6, 6.07) is 3.34. The van der Waals surface area contributed by atoms with Gasteiger partial charge in [0.05, 0.1) is 0 Å². The van der Waals surface area contributed by atoms with Crippen LogP contribution in [0.25, 0.3) is 12.2 Å². The van der Waals surface area contributed by atoms with Crippen molar-refractivity contribution in [2.45, 2.75) is 56.4 Å². The average molecular weight is 480 g/mol. The number of amides is 1. The highest BCUT2D eigenvalue weighted by Gasteiger charge is 2.36. The fourth-order valence-corrected chi connectivity index (χ4v) is 6.20. The second kappa shape index (κ2) is 9.72. The summed E-state index contributed by atoms with van der Waals surface area (Å²) in [5.74, 6) is -1.71. The van der Waals surface area contributed by atoms with Gasteiger partial charge in [-0.3, -0.25) is 4.79 Å². The topological polar surface area (TPSA) is 92.5 Å². The van der Waals surface area contributed by atoms with E-state index in [9.17, 15) is 22.0 Å². The fraction of sp³-hybridized carbons (Fsp3) is 0.478. The quantitative estimate of drug-likeness (QED) is 0.679. The molecule has 33 heavy (non-hydrogen) atoms. The molecule has 10 heteroatoms. The van der Waals surface area contributed by atoms with Crippen LogP contribution < -0.4 is 5.32 Å². The standard InChI is InChI=1S/C23H27F2N3O4S/c1-15-22(21(32-27-15)9-7-16-6-8-18(24)14-20(16)25)33(30,31)28-12-10-17(11-13-28)23(29)26-19-4-2-3-5-19/h6-9,14,17,19H,2-5,10-13H2,1H3,(H,26,29)/b9-7+. The molecule has 1 aromatic heterocycles. The number of aryl methyl sites for hydroxylation is 1. The number of sulfonamides is 1. The van der Waals surface area contributed by atoms with Crippen molar-refractivity contribution in [3.63, 3.8) is 0 Å². The van der Waals surface area contributed by atoms with Gasteiger partial charge in [0, 0.05) is 36.7 Å². The molecule has 1 aromatic carbocycles. The summed E-state index contributed by atoms with van der Waals surface area (Å²) in [5.41, 5.74) is 0.276. The Morgan fingerprint density at radius 3 is 2.52 bits per heavy atom. The first-order valence-corrected chi connectivity index (χ1v) is 12.6. The van der Waals surface area contributed by atoms with Crippen molar-refractivity contribution in [1.29, 1.82) is 0 Å². The predicted molar refractivity (Wildman–Crippen MR) is 118 cm³/mol. The maximum atomic E-state index is 13.9. The summed E-state index contributed by atoms with van der Waals surface area (Å²) in [5, 5.41) is 6.87. The van der Waals surface area contributed by atoms with Gasteiger partial charge in [0.1, 0.15) is 17.3 Å². The van der Waals surface area contributed by atoms with Crippen molar-refractivity contribution in [1.82, 2.24) is 14.8 Å². The molecule has 7 nitrogen and oxygen atoms in total. The molecule has 2 aromatic rings. The summed E-state index contributed by atoms with van der Waals surface area (Å²) in [7, 11) is -3.93. The molecule has 178 valence electrons. The second-order valence-corrected chi connectivity index (χ2v) is 10.5. The Kier molecular flexibility index (Phi) is 6.94. The van der Waals surface area contributed by atoms with Crippen LogP contribution in [0.4, 0.5) is 8.78 Å². The van der Waals surface area contributed by atoms with E-state index in [4.69, 9.17) is 4.52 Å². The van der Waals surface area contributed by atoms with E-state index in [0.29, 0.717) is 12.8 Å². The molecule has 0 spiro atoms. The average Bonchev–Trinajstić information content (AvgIpc) is 3.43. The molecule has 1 saturated carbocycles. The number of halogens is 2. The third-order valence-corrected chi connectivity index (χ3v) is 8.39. The molecule has 0 atom stereocenters. The molecule has 0 unspecified atom stereocenters. The summed E-state index contributed by atoms with van der Waals surface area (Å²) >= 11 is 0. The van der Waals surface area contributed by atoms with Gasteiger partial charge in [-0.2, -0.15) is 4.31 Å². The first kappa shape index (κ1) is 23.6. The van der Waals surface area contributed by atoms with Crippen molar-refractivity contribution in [2.24, 2.45) is 5.92 Å². The zero-order valence-electron chi connectivity index (χ0n) is 18.4. The predicted octanol–water partition coefficient (Wildman–Crippen LogP) is 3.89. The van der Waals surface area contributed by atoms with E-state index in [2.05, 4.69) is 10.5 Å². The van der Waals surface area contributed by atoms with Crippen molar-refractivity contribution < 1.29 is 26.5 Å². The Balaban J connectivity index is 1.46. The number of rotatable bonds is 6. The molecule has 1 aliphatic heterocycles. The molecule has 1 saturated heterocycles. The first-order valence-electron chi connectivity index (χ1n) is 11.2. The monoisotopic (exact) mass is 479 g/mol. The fourth-order valence-electron chi connectivity index (χ4n) is 4.48. The highest BCUT2D eigenvalue weighted by atomic mass is 32.2. The lowest BCUT2D eigenvalue weighted by Gasteiger charge is -2.31. The molecule has 2 heterocycles. The zero-order valence-corrected chi connectivity index (χ0v) is 19.2. The van der Waals surface area contributed by atoms with Gasteiger partial charge < -0.3 is 9.84 Å². The van der Waals surface area contributed by atoms with Gasteiger partial charge in [0.25, 0.3) is 0 Å². The SMILES string of the molecule is Cc1noc(/C=C/c2ccc(F)cc2F)c1S(=O)(=O)N1CCC(C(=O)NC2CCCC2)CC1. The number of nitrogens with zero attached hydrogens (tertiary/aromatic N) is 2. The van der Waals surface area contributed by atoms with Crippen molar-refractivity contribution >= 4 is 28.1 Å². The minimum Gasteiger partial charge on any atom is -0.355 e. The maximum Gasteiger partial charge on any atom is 0.248 e. The number of carbonyl (C=O) groups is 1. The van der Waals surface area contributed by atoms with Gasteiger partial charge in [-0.05, 0) is 56.9 Å². The lowest BCUT2D eigenvalue weighted by molar-refractivity contribution is -0.126. The molecular weight excluding hydrogens is 452 g/mol. The number of hydrogen-bond donors (Lipinski definition) is 1. The van der Waals surface area contributed by atoms with E-state index in [-0.39, 0.29) is 52.9 Å². The van der Waals surface area contributed by atoms with Crippen LogP contribution in [-0.4, -0.2) is 42.9 Å². The second-order valence-electron chi connectivity index (χ2n) is 8.63. The highest BCUT2D eigenvalue weighted by molar-refractivity contribution is 7.89. The van der Waals surface area contributed by atoms with Crippen LogP contribution in [0.1, 0.15) is 55.5 Å². The molecule has 0 radical (unpaired) electrons. The Labute approximate surface area is 191 Å². The van der Waals surface area contributed by atoms with Crippen LogP contribution in [-0.2, 0) is 14.8 Å².